The van der Waals surface area contributed by atoms with Crippen LogP contribution in [-0.4, -0.2) is 30.5 Å². The number of anilines is 1. The van der Waals surface area contributed by atoms with Crippen molar-refractivity contribution in [3.63, 3.8) is 0 Å². The Balaban J connectivity index is 1.86. The molecule has 1 saturated carbocycles. The number of piperidine rings is 1. The van der Waals surface area contributed by atoms with Gasteiger partial charge in [-0.15, -0.1) is 0 Å². The van der Waals surface area contributed by atoms with E-state index in [1.165, 1.54) is 12.8 Å². The first kappa shape index (κ1) is 11.4. The summed E-state index contributed by atoms with van der Waals surface area (Å²) in [5, 5.41) is 0. The zero-order chi connectivity index (χ0) is 12.7. The van der Waals surface area contributed by atoms with Gasteiger partial charge in [-0.05, 0) is 37.3 Å². The van der Waals surface area contributed by atoms with E-state index in [-0.39, 0.29) is 5.91 Å². The van der Waals surface area contributed by atoms with Gasteiger partial charge in [0, 0.05) is 29.9 Å². The predicted octanol–water partition coefficient (Wildman–Crippen LogP) is 1.90. The van der Waals surface area contributed by atoms with Gasteiger partial charge in [0.2, 0.25) is 0 Å². The van der Waals surface area contributed by atoms with E-state index in [0.717, 1.165) is 13.0 Å². The summed E-state index contributed by atoms with van der Waals surface area (Å²) in [6, 6.07) is 5.67. The van der Waals surface area contributed by atoms with Crippen molar-refractivity contribution < 1.29 is 9.53 Å². The number of nitrogen functional groups attached to an aromatic ring is 1. The molecule has 96 valence electrons. The summed E-state index contributed by atoms with van der Waals surface area (Å²) in [6.45, 7) is 0.903. The second-order valence-electron chi connectivity index (χ2n) is 5.29. The maximum absolute atomic E-state index is 12.5. The lowest BCUT2D eigenvalue weighted by Crippen LogP contribution is -2.37. The minimum atomic E-state index is 0.0906. The van der Waals surface area contributed by atoms with Gasteiger partial charge in [-0.2, -0.15) is 0 Å². The van der Waals surface area contributed by atoms with Gasteiger partial charge in [0.25, 0.3) is 5.91 Å². The number of carbonyl (C=O) groups excluding carboxylic acids is 1. The number of nitrogens with two attached hydrogens (primary N) is 1. The van der Waals surface area contributed by atoms with E-state index < -0.39 is 0 Å². The van der Waals surface area contributed by atoms with Crippen molar-refractivity contribution in [1.82, 2.24) is 4.90 Å². The minimum absolute atomic E-state index is 0.0906. The molecule has 2 N–H and O–H groups in total. The Morgan fingerprint density at radius 1 is 1.39 bits per heavy atom. The van der Waals surface area contributed by atoms with Gasteiger partial charge in [-0.25, -0.2) is 0 Å². The fraction of sp³-hybridized carbons (Fsp3) is 0.500. The number of fused-ring (bicyclic) bond motifs is 2. The summed E-state index contributed by atoms with van der Waals surface area (Å²) < 4.78 is 5.16. The molecule has 1 saturated heterocycles. The van der Waals surface area contributed by atoms with Gasteiger partial charge < -0.3 is 15.4 Å². The number of ether oxygens (including phenoxy) is 1. The molecule has 0 aromatic heterocycles. The van der Waals surface area contributed by atoms with Crippen molar-refractivity contribution in [3.8, 4) is 5.75 Å². The highest BCUT2D eigenvalue weighted by Crippen LogP contribution is 2.38. The molecule has 1 aromatic rings. The number of nitrogens with zero attached hydrogens (tertiary/aromatic N) is 1. The molecule has 2 unspecified atom stereocenters. The molecule has 4 nitrogen and oxygen atoms in total. The van der Waals surface area contributed by atoms with Crippen LogP contribution in [0.2, 0.25) is 0 Å². The van der Waals surface area contributed by atoms with E-state index in [1.54, 1.807) is 25.3 Å². The maximum Gasteiger partial charge on any atom is 0.254 e. The minimum Gasteiger partial charge on any atom is -0.497 e. The van der Waals surface area contributed by atoms with Crippen molar-refractivity contribution >= 4 is 11.6 Å². The Morgan fingerprint density at radius 3 is 2.83 bits per heavy atom. The average Bonchev–Trinajstić information content (AvgIpc) is 2.99. The summed E-state index contributed by atoms with van der Waals surface area (Å²) in [6.07, 6.45) is 3.59. The summed E-state index contributed by atoms with van der Waals surface area (Å²) in [7, 11) is 1.58. The van der Waals surface area contributed by atoms with Gasteiger partial charge >= 0.3 is 0 Å². The smallest absolute Gasteiger partial charge is 0.254 e. The highest BCUT2D eigenvalue weighted by atomic mass is 16.5. The fourth-order valence-corrected chi connectivity index (χ4v) is 3.20. The molecule has 2 bridgehead atoms. The Kier molecular flexibility index (Phi) is 2.65. The Hall–Kier alpha value is -1.71. The van der Waals surface area contributed by atoms with Crippen LogP contribution in [0.5, 0.6) is 5.75 Å². The van der Waals surface area contributed by atoms with Crippen molar-refractivity contribution in [2.24, 2.45) is 5.92 Å². The van der Waals surface area contributed by atoms with Crippen LogP contribution in [0.4, 0.5) is 5.69 Å². The Morgan fingerprint density at radius 2 is 2.22 bits per heavy atom. The highest BCUT2D eigenvalue weighted by Gasteiger charge is 2.40. The van der Waals surface area contributed by atoms with Crippen molar-refractivity contribution in [1.29, 1.82) is 0 Å². The second-order valence-corrected chi connectivity index (χ2v) is 5.29. The molecule has 1 amide bonds. The number of hydrogen-bond acceptors (Lipinski definition) is 3. The van der Waals surface area contributed by atoms with Crippen LogP contribution in [0, 0.1) is 5.92 Å². The molecule has 18 heavy (non-hydrogen) atoms. The first-order valence-corrected chi connectivity index (χ1v) is 6.43. The summed E-state index contributed by atoms with van der Waals surface area (Å²) in [4.78, 5) is 14.5. The first-order valence-electron chi connectivity index (χ1n) is 6.43. The van der Waals surface area contributed by atoms with Crippen LogP contribution in [0.1, 0.15) is 29.6 Å². The third-order valence-electron chi connectivity index (χ3n) is 4.08. The lowest BCUT2D eigenvalue weighted by molar-refractivity contribution is 0.0703. The third kappa shape index (κ3) is 1.82. The molecule has 1 heterocycles. The Bertz CT molecular complexity index is 487. The number of likely N-dealkylation sites (tertiary alicyclic amines) is 1. The predicted molar refractivity (Wildman–Crippen MR) is 69.6 cm³/mol. The van der Waals surface area contributed by atoms with Gasteiger partial charge in [-0.1, -0.05) is 0 Å². The molecule has 2 fully saturated rings. The number of benzene rings is 1. The topological polar surface area (TPSA) is 55.6 Å². The molecule has 0 radical (unpaired) electrons. The molecular formula is C14H18N2O2. The number of methoxy groups -OCH3 is 1. The molecule has 4 heteroatoms. The number of hydrogen-bond donors (Lipinski definition) is 1. The van der Waals surface area contributed by atoms with Crippen LogP contribution in [0.15, 0.2) is 18.2 Å². The number of rotatable bonds is 2. The van der Waals surface area contributed by atoms with Crippen LogP contribution in [-0.2, 0) is 0 Å². The molecule has 1 aromatic carbocycles. The van der Waals surface area contributed by atoms with Gasteiger partial charge in [-0.3, -0.25) is 4.79 Å². The average molecular weight is 246 g/mol. The van der Waals surface area contributed by atoms with Crippen molar-refractivity contribution in [2.45, 2.75) is 25.3 Å². The van der Waals surface area contributed by atoms with Crippen LogP contribution >= 0.6 is 0 Å². The molecule has 0 spiro atoms. The molecule has 1 aliphatic carbocycles. The lowest BCUT2D eigenvalue weighted by atomic mass is 10.1. The maximum atomic E-state index is 12.5. The lowest BCUT2D eigenvalue weighted by Gasteiger charge is -2.27. The first-order chi connectivity index (χ1) is 8.67. The SMILES string of the molecule is COc1cc(N)cc(C(=O)N2CC3CCC2C3)c1. The van der Waals surface area contributed by atoms with E-state index in [1.807, 2.05) is 4.90 Å². The van der Waals surface area contributed by atoms with Crippen LogP contribution in [0.25, 0.3) is 0 Å². The summed E-state index contributed by atoms with van der Waals surface area (Å²) in [5.74, 6) is 1.44. The molecule has 3 rings (SSSR count). The van der Waals surface area contributed by atoms with Crippen LogP contribution < -0.4 is 10.5 Å². The van der Waals surface area contributed by atoms with Gasteiger partial charge in [0.05, 0.1) is 7.11 Å². The van der Waals surface area contributed by atoms with E-state index in [4.69, 9.17) is 10.5 Å². The number of amides is 1. The largest absolute Gasteiger partial charge is 0.497 e. The molecule has 1 aliphatic heterocycles. The van der Waals surface area contributed by atoms with Crippen LogP contribution in [0.3, 0.4) is 0 Å². The zero-order valence-electron chi connectivity index (χ0n) is 10.6. The molecule has 2 aliphatic rings. The zero-order valence-corrected chi connectivity index (χ0v) is 10.6. The van der Waals surface area contributed by atoms with E-state index in [9.17, 15) is 4.79 Å². The highest BCUT2D eigenvalue weighted by molar-refractivity contribution is 5.96. The van der Waals surface area contributed by atoms with E-state index in [0.29, 0.717) is 29.0 Å². The van der Waals surface area contributed by atoms with E-state index in [2.05, 4.69) is 0 Å². The fourth-order valence-electron chi connectivity index (χ4n) is 3.20. The standard InChI is InChI=1S/C14H18N2O2/c1-18-13-6-10(5-11(15)7-13)14(17)16-8-9-2-3-12(16)4-9/h5-7,9,12H,2-4,8,15H2,1H3. The molecular weight excluding hydrogens is 228 g/mol. The summed E-state index contributed by atoms with van der Waals surface area (Å²) >= 11 is 0. The normalized spacial score (nSPS) is 25.5. The summed E-state index contributed by atoms with van der Waals surface area (Å²) in [5.41, 5.74) is 7.01. The number of carbonyl (C=O) groups is 1. The van der Waals surface area contributed by atoms with E-state index >= 15 is 0 Å². The van der Waals surface area contributed by atoms with Gasteiger partial charge in [0.1, 0.15) is 5.75 Å². The molecule has 2 atom stereocenters. The quantitative estimate of drug-likeness (QED) is 0.811. The second kappa shape index (κ2) is 4.19. The van der Waals surface area contributed by atoms with Crippen molar-refractivity contribution in [2.75, 3.05) is 19.4 Å². The van der Waals surface area contributed by atoms with Crippen molar-refractivity contribution in [3.05, 3.63) is 23.8 Å². The Labute approximate surface area is 107 Å². The third-order valence-corrected chi connectivity index (χ3v) is 4.08. The monoisotopic (exact) mass is 246 g/mol. The van der Waals surface area contributed by atoms with Gasteiger partial charge in [0.15, 0.2) is 0 Å².